The zero-order valence-corrected chi connectivity index (χ0v) is 15.3. The molecule has 0 fully saturated rings. The lowest BCUT2D eigenvalue weighted by Gasteiger charge is -2.39. The maximum Gasteiger partial charge on any atom is 0.231 e. The Labute approximate surface area is 156 Å². The van der Waals surface area contributed by atoms with Gasteiger partial charge in [-0.2, -0.15) is 0 Å². The van der Waals surface area contributed by atoms with Crippen molar-refractivity contribution in [2.75, 3.05) is 25.2 Å². The summed E-state index contributed by atoms with van der Waals surface area (Å²) in [6.45, 7) is 5.53. The molecule has 0 radical (unpaired) electrons. The molecule has 5 rings (SSSR count). The molecule has 0 saturated heterocycles. The monoisotopic (exact) mass is 374 g/mol. The number of nitrogens with one attached hydrogen (secondary N) is 1. The van der Waals surface area contributed by atoms with E-state index in [0.717, 1.165) is 34.1 Å². The quantitative estimate of drug-likeness (QED) is 0.865. The van der Waals surface area contributed by atoms with Gasteiger partial charge in [0.15, 0.2) is 23.0 Å². The van der Waals surface area contributed by atoms with Gasteiger partial charge < -0.3 is 23.8 Å². The van der Waals surface area contributed by atoms with Crippen LogP contribution in [-0.4, -0.2) is 26.3 Å². The molecule has 2 aromatic carbocycles. The Morgan fingerprint density at radius 3 is 2.15 bits per heavy atom. The van der Waals surface area contributed by atoms with Gasteiger partial charge in [0, 0.05) is 34.4 Å². The molecule has 1 N–H and O–H groups in total. The standard InChI is InChI=1S/C19H19ClN2O4/c1-10(2)22-7-21-19(11-3-15-17(5-13(11)20)25-8-23-15)12-4-16-18(6-14(12)22)26-9-24-16/h3-6,10,19,21H,7-9H2,1-2H3. The first-order valence-electron chi connectivity index (χ1n) is 8.64. The second-order valence-corrected chi connectivity index (χ2v) is 7.26. The van der Waals surface area contributed by atoms with Gasteiger partial charge in [-0.1, -0.05) is 11.6 Å². The summed E-state index contributed by atoms with van der Waals surface area (Å²) in [5, 5.41) is 4.24. The molecule has 0 saturated carbocycles. The first kappa shape index (κ1) is 15.9. The van der Waals surface area contributed by atoms with Gasteiger partial charge in [-0.15, -0.1) is 0 Å². The molecule has 0 aromatic heterocycles. The van der Waals surface area contributed by atoms with Crippen molar-refractivity contribution in [2.45, 2.75) is 25.9 Å². The van der Waals surface area contributed by atoms with Crippen molar-refractivity contribution in [3.05, 3.63) is 40.4 Å². The summed E-state index contributed by atoms with van der Waals surface area (Å²) in [5.41, 5.74) is 3.19. The van der Waals surface area contributed by atoms with Crippen LogP contribution in [0.1, 0.15) is 31.0 Å². The van der Waals surface area contributed by atoms with E-state index in [0.29, 0.717) is 23.5 Å². The molecule has 3 aliphatic heterocycles. The molecular weight excluding hydrogens is 356 g/mol. The summed E-state index contributed by atoms with van der Waals surface area (Å²) in [6, 6.07) is 8.16. The van der Waals surface area contributed by atoms with Crippen LogP contribution in [0.5, 0.6) is 23.0 Å². The number of hydrogen-bond acceptors (Lipinski definition) is 6. The minimum atomic E-state index is -0.0727. The number of anilines is 1. The van der Waals surface area contributed by atoms with E-state index in [1.165, 1.54) is 0 Å². The number of benzene rings is 2. The number of hydrogen-bond donors (Lipinski definition) is 1. The van der Waals surface area contributed by atoms with Crippen LogP contribution in [-0.2, 0) is 0 Å². The fourth-order valence-corrected chi connectivity index (χ4v) is 3.97. The molecule has 1 unspecified atom stereocenters. The second-order valence-electron chi connectivity index (χ2n) is 6.85. The van der Waals surface area contributed by atoms with Gasteiger partial charge in [-0.25, -0.2) is 0 Å². The average molecular weight is 375 g/mol. The molecule has 3 heterocycles. The Kier molecular flexibility index (Phi) is 3.58. The summed E-state index contributed by atoms with van der Waals surface area (Å²) >= 11 is 6.58. The molecule has 3 aliphatic rings. The Balaban J connectivity index is 1.65. The van der Waals surface area contributed by atoms with Crippen LogP contribution in [0.2, 0.25) is 5.02 Å². The average Bonchev–Trinajstić information content (AvgIpc) is 3.26. The number of halogens is 1. The van der Waals surface area contributed by atoms with E-state index in [2.05, 4.69) is 30.1 Å². The number of fused-ring (bicyclic) bond motifs is 3. The predicted molar refractivity (Wildman–Crippen MR) is 97.6 cm³/mol. The molecular formula is C19H19ClN2O4. The largest absolute Gasteiger partial charge is 0.454 e. The van der Waals surface area contributed by atoms with Gasteiger partial charge in [0.1, 0.15) is 0 Å². The van der Waals surface area contributed by atoms with Crippen LogP contribution in [0.25, 0.3) is 0 Å². The molecule has 2 aromatic rings. The number of rotatable bonds is 2. The van der Waals surface area contributed by atoms with E-state index >= 15 is 0 Å². The third-order valence-electron chi connectivity index (χ3n) is 5.03. The SMILES string of the molecule is CC(C)N1CNC(c2cc3c(cc2Cl)OCO3)c2cc3c(cc21)OCO3. The van der Waals surface area contributed by atoms with Gasteiger partial charge in [0.05, 0.1) is 12.7 Å². The van der Waals surface area contributed by atoms with Crippen molar-refractivity contribution in [3.63, 3.8) is 0 Å². The smallest absolute Gasteiger partial charge is 0.231 e. The fraction of sp³-hybridized carbons (Fsp3) is 0.368. The van der Waals surface area contributed by atoms with Gasteiger partial charge in [-0.05, 0) is 31.5 Å². The van der Waals surface area contributed by atoms with Crippen molar-refractivity contribution in [3.8, 4) is 23.0 Å². The number of ether oxygens (including phenoxy) is 4. The van der Waals surface area contributed by atoms with Gasteiger partial charge in [0.25, 0.3) is 0 Å². The van der Waals surface area contributed by atoms with Crippen molar-refractivity contribution in [1.82, 2.24) is 5.32 Å². The van der Waals surface area contributed by atoms with Crippen LogP contribution >= 0.6 is 11.6 Å². The highest BCUT2D eigenvalue weighted by Crippen LogP contribution is 2.47. The van der Waals surface area contributed by atoms with Crippen molar-refractivity contribution >= 4 is 17.3 Å². The van der Waals surface area contributed by atoms with E-state index in [1.807, 2.05) is 18.2 Å². The molecule has 7 heteroatoms. The Morgan fingerprint density at radius 2 is 1.50 bits per heavy atom. The lowest BCUT2D eigenvalue weighted by atomic mass is 9.93. The van der Waals surface area contributed by atoms with Crippen LogP contribution < -0.4 is 29.2 Å². The molecule has 0 spiro atoms. The van der Waals surface area contributed by atoms with E-state index < -0.39 is 0 Å². The van der Waals surface area contributed by atoms with Crippen molar-refractivity contribution in [2.24, 2.45) is 0 Å². The molecule has 136 valence electrons. The van der Waals surface area contributed by atoms with Gasteiger partial charge in [0.2, 0.25) is 13.6 Å². The molecule has 0 aliphatic carbocycles. The minimum Gasteiger partial charge on any atom is -0.454 e. The second kappa shape index (κ2) is 5.86. The lowest BCUT2D eigenvalue weighted by Crippen LogP contribution is -2.45. The van der Waals surface area contributed by atoms with E-state index in [1.54, 1.807) is 0 Å². The van der Waals surface area contributed by atoms with Crippen LogP contribution in [0.4, 0.5) is 5.69 Å². The van der Waals surface area contributed by atoms with Crippen molar-refractivity contribution < 1.29 is 18.9 Å². The highest BCUT2D eigenvalue weighted by Gasteiger charge is 2.32. The van der Waals surface area contributed by atoms with Gasteiger partial charge >= 0.3 is 0 Å². The summed E-state index contributed by atoms with van der Waals surface area (Å²) in [5.74, 6) is 2.95. The highest BCUT2D eigenvalue weighted by molar-refractivity contribution is 6.31. The highest BCUT2D eigenvalue weighted by atomic mass is 35.5. The summed E-state index contributed by atoms with van der Waals surface area (Å²) in [6.07, 6.45) is 0. The number of nitrogens with zero attached hydrogens (tertiary/aromatic N) is 1. The maximum absolute atomic E-state index is 6.58. The fourth-order valence-electron chi connectivity index (χ4n) is 3.70. The normalized spacial score (nSPS) is 19.8. The molecule has 1 atom stereocenters. The first-order chi connectivity index (χ1) is 12.6. The summed E-state index contributed by atoms with van der Waals surface area (Å²) < 4.78 is 22.2. The zero-order chi connectivity index (χ0) is 17.8. The predicted octanol–water partition coefficient (Wildman–Crippen LogP) is 3.66. The third kappa shape index (κ3) is 2.36. The maximum atomic E-state index is 6.58. The zero-order valence-electron chi connectivity index (χ0n) is 14.5. The van der Waals surface area contributed by atoms with Crippen molar-refractivity contribution in [1.29, 1.82) is 0 Å². The summed E-state index contributed by atoms with van der Waals surface area (Å²) in [7, 11) is 0. The Bertz CT molecular complexity index is 886. The topological polar surface area (TPSA) is 52.2 Å². The van der Waals surface area contributed by atoms with E-state index in [9.17, 15) is 0 Å². The molecule has 6 nitrogen and oxygen atoms in total. The van der Waals surface area contributed by atoms with Gasteiger partial charge in [-0.3, -0.25) is 5.32 Å². The first-order valence-corrected chi connectivity index (χ1v) is 9.02. The third-order valence-corrected chi connectivity index (χ3v) is 5.36. The van der Waals surface area contributed by atoms with Crippen LogP contribution in [0, 0.1) is 0 Å². The minimum absolute atomic E-state index is 0.0727. The van der Waals surface area contributed by atoms with Crippen LogP contribution in [0.15, 0.2) is 24.3 Å². The molecule has 0 amide bonds. The molecule has 26 heavy (non-hydrogen) atoms. The lowest BCUT2D eigenvalue weighted by molar-refractivity contribution is 0.173. The Morgan fingerprint density at radius 1 is 0.923 bits per heavy atom. The summed E-state index contributed by atoms with van der Waals surface area (Å²) in [4.78, 5) is 2.30. The van der Waals surface area contributed by atoms with E-state index in [4.69, 9.17) is 30.5 Å². The Hall–Kier alpha value is -2.31. The van der Waals surface area contributed by atoms with Crippen LogP contribution in [0.3, 0.4) is 0 Å². The molecule has 0 bridgehead atoms. The van der Waals surface area contributed by atoms with E-state index in [-0.39, 0.29) is 19.6 Å².